The molecule has 0 bridgehead atoms. The van der Waals surface area contributed by atoms with E-state index < -0.39 is 0 Å². The number of rotatable bonds is 4. The standard InChI is InChI=1S/C19H24N6O2/c1-12-9-24(10-14-6-7-21-27-14)11-16(12)17-22-18-15(19(26)23-17)8-20-25(18)13-4-2-3-5-13/h6-8,12-13,16H,2-5,9-11H2,1H3,(H,22,23,26)/t12-,16-/m1/s1. The molecule has 1 saturated carbocycles. The van der Waals surface area contributed by atoms with Crippen molar-refractivity contribution in [2.24, 2.45) is 5.92 Å². The van der Waals surface area contributed by atoms with E-state index >= 15 is 0 Å². The van der Waals surface area contributed by atoms with Gasteiger partial charge in [0.05, 0.1) is 25.0 Å². The number of aromatic amines is 1. The first-order valence-electron chi connectivity index (χ1n) is 9.78. The summed E-state index contributed by atoms with van der Waals surface area (Å²) in [6.45, 7) is 4.72. The Morgan fingerprint density at radius 3 is 2.93 bits per heavy atom. The molecule has 5 rings (SSSR count). The zero-order valence-corrected chi connectivity index (χ0v) is 15.5. The number of nitrogens with zero attached hydrogens (tertiary/aromatic N) is 5. The number of fused-ring (bicyclic) bond motifs is 1. The summed E-state index contributed by atoms with van der Waals surface area (Å²) in [6, 6.07) is 2.26. The average molecular weight is 368 g/mol. The molecule has 1 aliphatic carbocycles. The van der Waals surface area contributed by atoms with Crippen LogP contribution >= 0.6 is 0 Å². The summed E-state index contributed by atoms with van der Waals surface area (Å²) >= 11 is 0. The van der Waals surface area contributed by atoms with Gasteiger partial charge >= 0.3 is 0 Å². The molecule has 8 nitrogen and oxygen atoms in total. The molecule has 142 valence electrons. The average Bonchev–Trinajstić information content (AvgIpc) is 3.42. The molecular weight excluding hydrogens is 344 g/mol. The predicted octanol–water partition coefficient (Wildman–Crippen LogP) is 2.46. The molecule has 0 unspecified atom stereocenters. The number of likely N-dealkylation sites (tertiary alicyclic amines) is 1. The van der Waals surface area contributed by atoms with Crippen LogP contribution in [0.25, 0.3) is 11.0 Å². The highest BCUT2D eigenvalue weighted by atomic mass is 16.5. The lowest BCUT2D eigenvalue weighted by molar-refractivity contribution is 0.266. The first kappa shape index (κ1) is 16.7. The van der Waals surface area contributed by atoms with E-state index in [1.165, 1.54) is 12.8 Å². The Morgan fingerprint density at radius 2 is 2.15 bits per heavy atom. The van der Waals surface area contributed by atoms with Gasteiger partial charge in [-0.15, -0.1) is 0 Å². The molecule has 0 radical (unpaired) electrons. The lowest BCUT2D eigenvalue weighted by atomic mass is 9.97. The zero-order valence-electron chi connectivity index (χ0n) is 15.5. The van der Waals surface area contributed by atoms with Crippen molar-refractivity contribution in [1.29, 1.82) is 0 Å². The Balaban J connectivity index is 1.45. The van der Waals surface area contributed by atoms with Gasteiger partial charge in [-0.05, 0) is 18.8 Å². The minimum Gasteiger partial charge on any atom is -0.360 e. The summed E-state index contributed by atoms with van der Waals surface area (Å²) in [5.41, 5.74) is 0.654. The Labute approximate surface area is 156 Å². The number of H-pyrrole nitrogens is 1. The monoisotopic (exact) mass is 368 g/mol. The van der Waals surface area contributed by atoms with Crippen LogP contribution in [0, 0.1) is 5.92 Å². The Kier molecular flexibility index (Phi) is 4.07. The fourth-order valence-corrected chi connectivity index (χ4v) is 4.64. The minimum absolute atomic E-state index is 0.0832. The van der Waals surface area contributed by atoms with Crippen molar-refractivity contribution in [3.63, 3.8) is 0 Å². The number of hydrogen-bond acceptors (Lipinski definition) is 6. The molecular formula is C19H24N6O2. The molecule has 2 atom stereocenters. The van der Waals surface area contributed by atoms with E-state index in [0.717, 1.165) is 49.7 Å². The molecule has 1 aliphatic heterocycles. The lowest BCUT2D eigenvalue weighted by Gasteiger charge is -2.15. The van der Waals surface area contributed by atoms with Crippen molar-refractivity contribution in [2.45, 2.75) is 51.1 Å². The number of hydrogen-bond donors (Lipinski definition) is 1. The summed E-state index contributed by atoms with van der Waals surface area (Å²) in [5.74, 6) is 2.23. The first-order valence-corrected chi connectivity index (χ1v) is 9.78. The van der Waals surface area contributed by atoms with Gasteiger partial charge in [-0.2, -0.15) is 5.10 Å². The molecule has 8 heteroatoms. The summed E-state index contributed by atoms with van der Waals surface area (Å²) in [4.78, 5) is 22.9. The van der Waals surface area contributed by atoms with Gasteiger partial charge in [-0.1, -0.05) is 24.9 Å². The summed E-state index contributed by atoms with van der Waals surface area (Å²) in [5, 5.41) is 8.86. The molecule has 3 aromatic heterocycles. The van der Waals surface area contributed by atoms with Crippen LogP contribution in [0.5, 0.6) is 0 Å². The maximum absolute atomic E-state index is 12.6. The van der Waals surface area contributed by atoms with Crippen molar-refractivity contribution >= 4 is 11.0 Å². The number of nitrogens with one attached hydrogen (secondary N) is 1. The van der Waals surface area contributed by atoms with E-state index in [2.05, 4.69) is 27.1 Å². The van der Waals surface area contributed by atoms with Gasteiger partial charge in [0.25, 0.3) is 5.56 Å². The molecule has 27 heavy (non-hydrogen) atoms. The van der Waals surface area contributed by atoms with E-state index in [1.54, 1.807) is 12.4 Å². The van der Waals surface area contributed by atoms with Crippen LogP contribution in [0.2, 0.25) is 0 Å². The van der Waals surface area contributed by atoms with Crippen LogP contribution < -0.4 is 5.56 Å². The maximum Gasteiger partial charge on any atom is 0.262 e. The van der Waals surface area contributed by atoms with Crippen molar-refractivity contribution < 1.29 is 4.52 Å². The van der Waals surface area contributed by atoms with Crippen molar-refractivity contribution in [3.8, 4) is 0 Å². The predicted molar refractivity (Wildman–Crippen MR) is 99.3 cm³/mol. The van der Waals surface area contributed by atoms with Gasteiger partial charge in [-0.3, -0.25) is 9.69 Å². The minimum atomic E-state index is -0.0832. The molecule has 4 heterocycles. The smallest absolute Gasteiger partial charge is 0.262 e. The highest BCUT2D eigenvalue weighted by molar-refractivity contribution is 5.73. The third-order valence-electron chi connectivity index (χ3n) is 6.06. The molecule has 0 amide bonds. The maximum atomic E-state index is 12.6. The molecule has 1 saturated heterocycles. The second-order valence-electron chi connectivity index (χ2n) is 7.97. The topological polar surface area (TPSA) is 92.8 Å². The van der Waals surface area contributed by atoms with Gasteiger partial charge < -0.3 is 9.51 Å². The van der Waals surface area contributed by atoms with Crippen LogP contribution in [-0.2, 0) is 6.54 Å². The van der Waals surface area contributed by atoms with E-state index in [1.807, 2.05) is 10.7 Å². The van der Waals surface area contributed by atoms with Gasteiger partial charge in [0.2, 0.25) is 0 Å². The van der Waals surface area contributed by atoms with E-state index in [0.29, 0.717) is 17.3 Å². The van der Waals surface area contributed by atoms with Crippen LogP contribution in [-0.4, -0.2) is 42.9 Å². The van der Waals surface area contributed by atoms with Crippen molar-refractivity contribution in [2.75, 3.05) is 13.1 Å². The van der Waals surface area contributed by atoms with Gasteiger partial charge in [0.1, 0.15) is 11.2 Å². The van der Waals surface area contributed by atoms with E-state index in [-0.39, 0.29) is 11.5 Å². The van der Waals surface area contributed by atoms with E-state index in [9.17, 15) is 4.79 Å². The molecule has 1 N–H and O–H groups in total. The second kappa shape index (κ2) is 6.60. The normalized spacial score (nSPS) is 24.3. The van der Waals surface area contributed by atoms with Gasteiger partial charge in [0, 0.05) is 25.1 Å². The van der Waals surface area contributed by atoms with Gasteiger partial charge in [0.15, 0.2) is 11.4 Å². The van der Waals surface area contributed by atoms with E-state index in [4.69, 9.17) is 9.51 Å². The van der Waals surface area contributed by atoms with Crippen LogP contribution in [0.4, 0.5) is 0 Å². The molecule has 0 spiro atoms. The Bertz CT molecular complexity index is 985. The quantitative estimate of drug-likeness (QED) is 0.760. The number of aromatic nitrogens is 5. The lowest BCUT2D eigenvalue weighted by Crippen LogP contribution is -2.21. The highest BCUT2D eigenvalue weighted by Gasteiger charge is 2.33. The summed E-state index contributed by atoms with van der Waals surface area (Å²) in [6.07, 6.45) is 8.01. The fraction of sp³-hybridized carbons (Fsp3) is 0.579. The zero-order chi connectivity index (χ0) is 18.4. The van der Waals surface area contributed by atoms with Crippen LogP contribution in [0.1, 0.15) is 56.2 Å². The SMILES string of the molecule is C[C@@H]1CN(Cc2ccno2)C[C@H]1c1nc2c(cnn2C2CCCC2)c(=O)[nH]1. The largest absolute Gasteiger partial charge is 0.360 e. The molecule has 0 aromatic carbocycles. The van der Waals surface area contributed by atoms with Crippen LogP contribution in [0.15, 0.2) is 27.8 Å². The van der Waals surface area contributed by atoms with Gasteiger partial charge in [-0.25, -0.2) is 9.67 Å². The molecule has 3 aromatic rings. The molecule has 2 aliphatic rings. The first-order chi connectivity index (χ1) is 13.2. The second-order valence-corrected chi connectivity index (χ2v) is 7.97. The Morgan fingerprint density at radius 1 is 1.30 bits per heavy atom. The highest BCUT2D eigenvalue weighted by Crippen LogP contribution is 2.33. The summed E-state index contributed by atoms with van der Waals surface area (Å²) < 4.78 is 7.21. The van der Waals surface area contributed by atoms with Crippen molar-refractivity contribution in [1.82, 2.24) is 29.8 Å². The molecule has 2 fully saturated rings. The third-order valence-corrected chi connectivity index (χ3v) is 6.06. The fourth-order valence-electron chi connectivity index (χ4n) is 4.64. The van der Waals surface area contributed by atoms with Crippen LogP contribution in [0.3, 0.4) is 0 Å². The van der Waals surface area contributed by atoms with Crippen molar-refractivity contribution in [3.05, 3.63) is 40.4 Å². The third kappa shape index (κ3) is 2.97. The Hall–Kier alpha value is -2.48. The summed E-state index contributed by atoms with van der Waals surface area (Å²) in [7, 11) is 0.